The highest BCUT2D eigenvalue weighted by molar-refractivity contribution is 7.09. The highest BCUT2D eigenvalue weighted by Crippen LogP contribution is 2.27. The van der Waals surface area contributed by atoms with E-state index in [4.69, 9.17) is 16.3 Å². The lowest BCUT2D eigenvalue weighted by Crippen LogP contribution is -2.25. The van der Waals surface area contributed by atoms with Gasteiger partial charge in [-0.3, -0.25) is 0 Å². The molecular formula is C14H17ClN2OS. The summed E-state index contributed by atoms with van der Waals surface area (Å²) in [6, 6.07) is 6.19. The number of thiazole rings is 1. The largest absolute Gasteiger partial charge is 0.383 e. The first-order chi connectivity index (χ1) is 9.22. The maximum atomic E-state index is 6.21. The first-order valence-electron chi connectivity index (χ1n) is 6.10. The Morgan fingerprint density at radius 1 is 1.47 bits per heavy atom. The number of benzene rings is 1. The van der Waals surface area contributed by atoms with Crippen LogP contribution in [0.4, 0.5) is 0 Å². The minimum atomic E-state index is 0.0632. The van der Waals surface area contributed by atoms with Gasteiger partial charge in [-0.15, -0.1) is 11.3 Å². The predicted molar refractivity (Wildman–Crippen MR) is 80.0 cm³/mol. The fourth-order valence-corrected chi connectivity index (χ4v) is 2.75. The number of hydrogen-bond acceptors (Lipinski definition) is 4. The van der Waals surface area contributed by atoms with Gasteiger partial charge in [0, 0.05) is 30.3 Å². The van der Waals surface area contributed by atoms with Crippen LogP contribution in [0.5, 0.6) is 0 Å². The highest BCUT2D eigenvalue weighted by Gasteiger charge is 2.16. The molecule has 1 heterocycles. The standard InChI is InChI=1S/C14H17ClN2OS/c1-10-3-4-11(9-12(10)15)13(16-5-7-18-2)14-17-6-8-19-14/h3-4,6,8-9,13,16H,5,7H2,1-2H3. The van der Waals surface area contributed by atoms with Crippen molar-refractivity contribution in [1.82, 2.24) is 10.3 Å². The van der Waals surface area contributed by atoms with Crippen molar-refractivity contribution >= 4 is 22.9 Å². The molecule has 0 saturated carbocycles. The van der Waals surface area contributed by atoms with E-state index in [2.05, 4.69) is 16.4 Å². The molecular weight excluding hydrogens is 280 g/mol. The molecule has 19 heavy (non-hydrogen) atoms. The van der Waals surface area contributed by atoms with E-state index >= 15 is 0 Å². The van der Waals surface area contributed by atoms with Crippen LogP contribution in [0.1, 0.15) is 22.2 Å². The van der Waals surface area contributed by atoms with E-state index in [0.717, 1.165) is 27.7 Å². The van der Waals surface area contributed by atoms with Crippen LogP contribution in [0.25, 0.3) is 0 Å². The average Bonchev–Trinajstić information content (AvgIpc) is 2.92. The van der Waals surface area contributed by atoms with E-state index in [-0.39, 0.29) is 6.04 Å². The molecule has 5 heteroatoms. The van der Waals surface area contributed by atoms with Crippen molar-refractivity contribution in [2.45, 2.75) is 13.0 Å². The number of hydrogen-bond donors (Lipinski definition) is 1. The van der Waals surface area contributed by atoms with Crippen LogP contribution in [0.3, 0.4) is 0 Å². The van der Waals surface area contributed by atoms with Gasteiger partial charge in [0.05, 0.1) is 12.6 Å². The third kappa shape index (κ3) is 3.76. The second-order valence-corrected chi connectivity index (χ2v) is 5.59. The monoisotopic (exact) mass is 296 g/mol. The lowest BCUT2D eigenvalue weighted by Gasteiger charge is -2.17. The molecule has 2 rings (SSSR count). The van der Waals surface area contributed by atoms with E-state index in [1.165, 1.54) is 0 Å². The molecule has 0 amide bonds. The summed E-state index contributed by atoms with van der Waals surface area (Å²) in [7, 11) is 1.70. The number of ether oxygens (including phenoxy) is 1. The van der Waals surface area contributed by atoms with Crippen molar-refractivity contribution in [3.63, 3.8) is 0 Å². The van der Waals surface area contributed by atoms with Crippen molar-refractivity contribution < 1.29 is 4.74 Å². The van der Waals surface area contributed by atoms with Crippen molar-refractivity contribution in [2.75, 3.05) is 20.3 Å². The zero-order valence-corrected chi connectivity index (χ0v) is 12.6. The highest BCUT2D eigenvalue weighted by atomic mass is 35.5. The number of aryl methyl sites for hydroxylation is 1. The Bertz CT molecular complexity index is 516. The molecule has 0 aliphatic rings. The van der Waals surface area contributed by atoms with E-state index < -0.39 is 0 Å². The van der Waals surface area contributed by atoms with Crippen LogP contribution < -0.4 is 5.32 Å². The number of nitrogens with one attached hydrogen (secondary N) is 1. The van der Waals surface area contributed by atoms with Crippen LogP contribution >= 0.6 is 22.9 Å². The second-order valence-electron chi connectivity index (χ2n) is 4.26. The van der Waals surface area contributed by atoms with Crippen molar-refractivity contribution in [3.8, 4) is 0 Å². The topological polar surface area (TPSA) is 34.1 Å². The third-order valence-corrected chi connectivity index (χ3v) is 4.13. The van der Waals surface area contributed by atoms with Gasteiger partial charge in [0.1, 0.15) is 5.01 Å². The van der Waals surface area contributed by atoms with Gasteiger partial charge >= 0.3 is 0 Å². The Hall–Kier alpha value is -0.940. The molecule has 1 atom stereocenters. The smallest absolute Gasteiger partial charge is 0.114 e. The number of halogens is 1. The normalized spacial score (nSPS) is 12.6. The molecule has 1 aromatic heterocycles. The third-order valence-electron chi connectivity index (χ3n) is 2.88. The molecule has 0 bridgehead atoms. The van der Waals surface area contributed by atoms with E-state index in [0.29, 0.717) is 6.61 Å². The van der Waals surface area contributed by atoms with Crippen molar-refractivity contribution in [1.29, 1.82) is 0 Å². The molecule has 0 aliphatic carbocycles. The minimum Gasteiger partial charge on any atom is -0.383 e. The fraction of sp³-hybridized carbons (Fsp3) is 0.357. The molecule has 0 spiro atoms. The Morgan fingerprint density at radius 2 is 2.32 bits per heavy atom. The van der Waals surface area contributed by atoms with Crippen LogP contribution in [-0.2, 0) is 4.74 Å². The van der Waals surface area contributed by atoms with Gasteiger partial charge < -0.3 is 10.1 Å². The fourth-order valence-electron chi connectivity index (χ4n) is 1.82. The molecule has 1 N–H and O–H groups in total. The van der Waals surface area contributed by atoms with Gasteiger partial charge in [0.15, 0.2) is 0 Å². The Kier molecular flexibility index (Phi) is 5.34. The van der Waals surface area contributed by atoms with Crippen LogP contribution in [0.15, 0.2) is 29.8 Å². The molecule has 102 valence electrons. The van der Waals surface area contributed by atoms with Crippen molar-refractivity contribution in [3.05, 3.63) is 50.9 Å². The molecule has 3 nitrogen and oxygen atoms in total. The van der Waals surface area contributed by atoms with Crippen LogP contribution in [0.2, 0.25) is 5.02 Å². The maximum Gasteiger partial charge on any atom is 0.114 e. The number of nitrogens with zero attached hydrogens (tertiary/aromatic N) is 1. The van der Waals surface area contributed by atoms with Gasteiger partial charge in [-0.25, -0.2) is 4.98 Å². The van der Waals surface area contributed by atoms with Crippen LogP contribution in [-0.4, -0.2) is 25.2 Å². The van der Waals surface area contributed by atoms with Gasteiger partial charge in [-0.1, -0.05) is 23.7 Å². The Balaban J connectivity index is 2.23. The van der Waals surface area contributed by atoms with E-state index in [9.17, 15) is 0 Å². The minimum absolute atomic E-state index is 0.0632. The number of methoxy groups -OCH3 is 1. The van der Waals surface area contributed by atoms with Crippen LogP contribution in [0, 0.1) is 6.92 Å². The van der Waals surface area contributed by atoms with Gasteiger partial charge in [-0.2, -0.15) is 0 Å². The lowest BCUT2D eigenvalue weighted by atomic mass is 10.1. The Morgan fingerprint density at radius 3 is 2.95 bits per heavy atom. The lowest BCUT2D eigenvalue weighted by molar-refractivity contribution is 0.197. The molecule has 0 saturated heterocycles. The summed E-state index contributed by atoms with van der Waals surface area (Å²) < 4.78 is 5.08. The summed E-state index contributed by atoms with van der Waals surface area (Å²) in [5, 5.41) is 7.26. The molecule has 0 fully saturated rings. The predicted octanol–water partition coefficient (Wildman–Crippen LogP) is 3.43. The Labute approximate surface area is 122 Å². The van der Waals surface area contributed by atoms with Gasteiger partial charge in [0.2, 0.25) is 0 Å². The maximum absolute atomic E-state index is 6.21. The first-order valence-corrected chi connectivity index (χ1v) is 7.36. The summed E-state index contributed by atoms with van der Waals surface area (Å²) in [4.78, 5) is 4.40. The molecule has 1 unspecified atom stereocenters. The number of aromatic nitrogens is 1. The van der Waals surface area contributed by atoms with Gasteiger partial charge in [0.25, 0.3) is 0 Å². The first kappa shape index (κ1) is 14.5. The summed E-state index contributed by atoms with van der Waals surface area (Å²) in [6.07, 6.45) is 1.82. The average molecular weight is 297 g/mol. The summed E-state index contributed by atoms with van der Waals surface area (Å²) in [5.41, 5.74) is 2.21. The van der Waals surface area contributed by atoms with Crippen molar-refractivity contribution in [2.24, 2.45) is 0 Å². The summed E-state index contributed by atoms with van der Waals surface area (Å²) in [6.45, 7) is 3.44. The molecule has 1 aromatic carbocycles. The quantitative estimate of drug-likeness (QED) is 0.829. The zero-order chi connectivity index (χ0) is 13.7. The summed E-state index contributed by atoms with van der Waals surface area (Å²) in [5.74, 6) is 0. The zero-order valence-electron chi connectivity index (χ0n) is 11.0. The second kappa shape index (κ2) is 7.01. The molecule has 0 aliphatic heterocycles. The molecule has 0 radical (unpaired) electrons. The molecule has 2 aromatic rings. The van der Waals surface area contributed by atoms with Gasteiger partial charge in [-0.05, 0) is 24.1 Å². The van der Waals surface area contributed by atoms with E-state index in [1.54, 1.807) is 18.4 Å². The number of rotatable bonds is 6. The van der Waals surface area contributed by atoms with E-state index in [1.807, 2.05) is 30.6 Å². The SMILES string of the molecule is COCCNC(c1ccc(C)c(Cl)c1)c1nccs1. The summed E-state index contributed by atoms with van der Waals surface area (Å²) >= 11 is 7.85.